The highest BCUT2D eigenvalue weighted by Crippen LogP contribution is 2.33. The molecule has 0 N–H and O–H groups in total. The predicted molar refractivity (Wildman–Crippen MR) is 566 cm³/mol. The lowest BCUT2D eigenvalue weighted by Crippen LogP contribution is -2.25. The lowest BCUT2D eigenvalue weighted by atomic mass is 9.86. The smallest absolute Gasteiger partial charge is 0.184 e. The summed E-state index contributed by atoms with van der Waals surface area (Å²) in [6.07, 6.45) is 59.9. The Morgan fingerprint density at radius 3 is 0.462 bits per heavy atom. The highest BCUT2D eigenvalue weighted by molar-refractivity contribution is 5.79. The Morgan fingerprint density at radius 1 is 0.174 bits per heavy atom. The molecule has 2 saturated heterocycles. The fourth-order valence-electron chi connectivity index (χ4n) is 18.0. The highest BCUT2D eigenvalue weighted by Gasteiger charge is 2.24. The normalized spacial score (nSPS) is 12.4. The molecule has 7 aromatic carbocycles. The Kier molecular flexibility index (Phi) is 54.3. The SMILES string of the molecule is CCCCCCCCN(CCCCCCCC)c1ccc(C#Cc2c(C#Cc3ccc(C4OCCO4)cc3)c(C#Cc3ccc(N(CCCCCCCC)CCCCCCCC)cc3)c(C#Cc3ccc(N(CCCCCCCC)CCCCCCCC)cc3)c(C#Cc3ccc(N(CCCCCCCC)CCCCCCCC)cc3)c2C#Cc2ccc(C3OCCO3)cc2)cc1. The number of hydrogen-bond donors (Lipinski definition) is 0. The molecule has 0 bridgehead atoms. The molecule has 2 heterocycles. The Morgan fingerprint density at radius 2 is 0.311 bits per heavy atom. The maximum absolute atomic E-state index is 6.04. The van der Waals surface area contributed by atoms with Crippen LogP contribution in [0.15, 0.2) is 146 Å². The maximum atomic E-state index is 6.04. The van der Waals surface area contributed by atoms with Crippen LogP contribution in [0.4, 0.5) is 22.7 Å². The molecule has 0 amide bonds. The van der Waals surface area contributed by atoms with E-state index in [0.29, 0.717) is 59.8 Å². The lowest BCUT2D eigenvalue weighted by molar-refractivity contribution is -0.0443. The van der Waals surface area contributed by atoms with Gasteiger partial charge in [0.2, 0.25) is 0 Å². The maximum Gasteiger partial charge on any atom is 0.184 e. The Balaban J connectivity index is 1.32. The summed E-state index contributed by atoms with van der Waals surface area (Å²) in [4.78, 5) is 10.6. The average molecular weight is 1780 g/mol. The number of benzene rings is 7. The van der Waals surface area contributed by atoms with Crippen molar-refractivity contribution < 1.29 is 18.9 Å². The highest BCUT2D eigenvalue weighted by atomic mass is 16.7. The first-order valence-electron chi connectivity index (χ1n) is 53.7. The van der Waals surface area contributed by atoms with Crippen LogP contribution in [-0.2, 0) is 18.9 Å². The van der Waals surface area contributed by atoms with Crippen molar-refractivity contribution in [1.29, 1.82) is 0 Å². The third-order valence-corrected chi connectivity index (χ3v) is 26.3. The van der Waals surface area contributed by atoms with Crippen LogP contribution in [0.25, 0.3) is 0 Å². The van der Waals surface area contributed by atoms with Crippen molar-refractivity contribution in [1.82, 2.24) is 0 Å². The van der Waals surface area contributed by atoms with Gasteiger partial charge in [0, 0.05) is 120 Å². The van der Waals surface area contributed by atoms with Crippen LogP contribution in [0.2, 0.25) is 0 Å². The van der Waals surface area contributed by atoms with Crippen molar-refractivity contribution in [3.05, 3.63) is 223 Å². The molecule has 9 rings (SSSR count). The van der Waals surface area contributed by atoms with Crippen molar-refractivity contribution in [3.8, 4) is 71.0 Å². The van der Waals surface area contributed by atoms with Gasteiger partial charge in [-0.25, -0.2) is 0 Å². The molecule has 7 aromatic rings. The zero-order valence-electron chi connectivity index (χ0n) is 83.9. The first-order valence-corrected chi connectivity index (χ1v) is 53.7. The van der Waals surface area contributed by atoms with Gasteiger partial charge in [0.1, 0.15) is 0 Å². The van der Waals surface area contributed by atoms with Gasteiger partial charge in [-0.3, -0.25) is 0 Å². The summed E-state index contributed by atoms with van der Waals surface area (Å²) in [5.74, 6) is 46.1. The van der Waals surface area contributed by atoms with Crippen molar-refractivity contribution in [2.45, 2.75) is 376 Å². The Hall–Kier alpha value is -9.06. The van der Waals surface area contributed by atoms with Crippen LogP contribution in [0.3, 0.4) is 0 Å². The van der Waals surface area contributed by atoms with Crippen LogP contribution in [0.1, 0.15) is 454 Å². The average Bonchev–Trinajstić information content (AvgIpc) is 0.933. The molecule has 0 radical (unpaired) electrons. The van der Waals surface area contributed by atoms with Gasteiger partial charge in [-0.1, -0.05) is 408 Å². The quantitative estimate of drug-likeness (QED) is 0.0276. The monoisotopic (exact) mass is 1780 g/mol. The molecule has 710 valence electrons. The number of rotatable bonds is 62. The minimum Gasteiger partial charge on any atom is -0.372 e. The van der Waals surface area contributed by atoms with Gasteiger partial charge in [0.25, 0.3) is 0 Å². The molecule has 0 spiro atoms. The summed E-state index contributed by atoms with van der Waals surface area (Å²) in [6, 6.07) is 52.9. The second kappa shape index (κ2) is 67.2. The minimum atomic E-state index is -0.425. The van der Waals surface area contributed by atoms with E-state index in [4.69, 9.17) is 18.9 Å². The molecule has 2 aliphatic rings. The molecular formula is C124H170N4O4. The van der Waals surface area contributed by atoms with Crippen LogP contribution in [-0.4, -0.2) is 78.8 Å². The standard InChI is InChI=1S/C124H170N4O4/c1-9-17-25-33-41-49-93-125(94-50-42-34-26-18-10-2)113-79-61-107(62-80-113)71-89-119-117(87-69-105-57-75-111(76-58-105)123-129-101-102-130-123)120(90-72-108-63-81-114(82-64-108)126(95-51-43-35-27-19-11-3)96-52-44-36-28-20-12-4)122(92-74-110-67-85-116(86-68-110)128(99-55-47-39-31-23-15-7)100-56-48-40-32-24-16-8)121(118(119)88-70-106-59-77-112(78-60-106)124-131-103-104-132-124)91-73-109-65-83-115(84-66-109)127(97-53-45-37-29-21-13-5)98-54-46-38-30-22-14-6/h57-68,75-86,123-124H,9-56,93-104H2,1-8H3. The molecular weight excluding hydrogens is 1610 g/mol. The van der Waals surface area contributed by atoms with Gasteiger partial charge >= 0.3 is 0 Å². The fourth-order valence-corrected chi connectivity index (χ4v) is 18.0. The second-order valence-corrected chi connectivity index (χ2v) is 37.4. The molecule has 0 atom stereocenters. The zero-order chi connectivity index (χ0) is 92.6. The summed E-state index contributed by atoms with van der Waals surface area (Å²) in [7, 11) is 0. The van der Waals surface area contributed by atoms with E-state index in [0.717, 1.165) is 96.9 Å². The third kappa shape index (κ3) is 40.6. The summed E-state index contributed by atoms with van der Waals surface area (Å²) >= 11 is 0. The first-order chi connectivity index (χ1) is 65.3. The zero-order valence-corrected chi connectivity index (χ0v) is 83.9. The molecule has 132 heavy (non-hydrogen) atoms. The van der Waals surface area contributed by atoms with Crippen LogP contribution >= 0.6 is 0 Å². The Labute approximate surface area is 805 Å². The third-order valence-electron chi connectivity index (χ3n) is 26.3. The van der Waals surface area contributed by atoms with Crippen molar-refractivity contribution >= 4 is 22.7 Å². The molecule has 0 aliphatic carbocycles. The molecule has 8 heteroatoms. The van der Waals surface area contributed by atoms with Gasteiger partial charge in [-0.05, 0) is 173 Å². The number of ether oxygens (including phenoxy) is 4. The van der Waals surface area contributed by atoms with E-state index in [1.54, 1.807) is 0 Å². The van der Waals surface area contributed by atoms with E-state index < -0.39 is 12.6 Å². The summed E-state index contributed by atoms with van der Waals surface area (Å²) in [5.41, 5.74) is 16.0. The van der Waals surface area contributed by atoms with Gasteiger partial charge in [0.15, 0.2) is 12.6 Å². The van der Waals surface area contributed by atoms with Gasteiger partial charge in [-0.2, -0.15) is 0 Å². The molecule has 2 fully saturated rings. The molecule has 0 saturated carbocycles. The van der Waals surface area contributed by atoms with Crippen LogP contribution in [0.5, 0.6) is 0 Å². The minimum absolute atomic E-state index is 0.425. The lowest BCUT2D eigenvalue weighted by Gasteiger charge is -2.25. The van der Waals surface area contributed by atoms with Crippen LogP contribution < -0.4 is 19.6 Å². The van der Waals surface area contributed by atoms with Crippen molar-refractivity contribution in [2.24, 2.45) is 0 Å². The fraction of sp³-hybridized carbons (Fsp3) is 0.565. The first kappa shape index (κ1) is 107. The number of hydrogen-bond acceptors (Lipinski definition) is 8. The number of unbranched alkanes of at least 4 members (excludes halogenated alkanes) is 40. The van der Waals surface area contributed by atoms with Gasteiger partial charge in [0.05, 0.1) is 59.8 Å². The topological polar surface area (TPSA) is 49.9 Å². The van der Waals surface area contributed by atoms with Crippen molar-refractivity contribution in [2.75, 3.05) is 98.4 Å². The summed E-state index contributed by atoms with van der Waals surface area (Å²) in [5, 5.41) is 0. The molecule has 2 aliphatic heterocycles. The van der Waals surface area contributed by atoms with E-state index >= 15 is 0 Å². The predicted octanol–water partition coefficient (Wildman–Crippen LogP) is 32.3. The van der Waals surface area contributed by atoms with E-state index in [2.05, 4.69) is 292 Å². The van der Waals surface area contributed by atoms with E-state index in [9.17, 15) is 0 Å². The molecule has 0 aromatic heterocycles. The largest absolute Gasteiger partial charge is 0.372 e. The Bertz CT molecular complexity index is 4410. The van der Waals surface area contributed by atoms with Gasteiger partial charge < -0.3 is 38.5 Å². The van der Waals surface area contributed by atoms with E-state index in [1.165, 1.54) is 331 Å². The summed E-state index contributed by atoms with van der Waals surface area (Å²) < 4.78 is 24.2. The van der Waals surface area contributed by atoms with Crippen LogP contribution in [0, 0.1) is 71.0 Å². The molecule has 8 nitrogen and oxygen atoms in total. The van der Waals surface area contributed by atoms with Crippen molar-refractivity contribution in [3.63, 3.8) is 0 Å². The molecule has 0 unspecified atom stereocenters. The number of nitrogens with zero attached hydrogens (tertiary/aromatic N) is 4. The second-order valence-electron chi connectivity index (χ2n) is 37.4. The number of anilines is 4. The van der Waals surface area contributed by atoms with E-state index in [-0.39, 0.29) is 0 Å². The van der Waals surface area contributed by atoms with Gasteiger partial charge in [-0.15, -0.1) is 0 Å². The van der Waals surface area contributed by atoms with E-state index in [1.807, 2.05) is 0 Å². The summed E-state index contributed by atoms with van der Waals surface area (Å²) in [6.45, 7) is 29.0.